The Bertz CT molecular complexity index is 386. The van der Waals surface area contributed by atoms with Crippen LogP contribution in [0, 0.1) is 6.92 Å². The van der Waals surface area contributed by atoms with Crippen LogP contribution >= 0.6 is 0 Å². The molecule has 0 fully saturated rings. The summed E-state index contributed by atoms with van der Waals surface area (Å²) in [6.07, 6.45) is 1.71. The molecule has 1 aromatic rings. The van der Waals surface area contributed by atoms with Gasteiger partial charge in [0.25, 0.3) is 0 Å². The molecule has 0 amide bonds. The van der Waals surface area contributed by atoms with Gasteiger partial charge in [-0.2, -0.15) is 0 Å². The van der Waals surface area contributed by atoms with E-state index in [2.05, 4.69) is 25.8 Å². The first-order valence-electron chi connectivity index (χ1n) is 5.13. The van der Waals surface area contributed by atoms with E-state index in [1.807, 2.05) is 19.1 Å². The third-order valence-electron chi connectivity index (χ3n) is 2.50. The number of nitrogens with zero attached hydrogens (tertiary/aromatic N) is 1. The van der Waals surface area contributed by atoms with E-state index in [-0.39, 0.29) is 5.41 Å². The number of aryl methyl sites for hydroxylation is 1. The highest BCUT2D eigenvalue weighted by Crippen LogP contribution is 2.33. The van der Waals surface area contributed by atoms with E-state index in [0.717, 1.165) is 16.7 Å². The Labute approximate surface area is 91.7 Å². The van der Waals surface area contributed by atoms with E-state index in [9.17, 15) is 5.11 Å². The molecule has 0 aromatic heterocycles. The lowest BCUT2D eigenvalue weighted by atomic mass is 9.84. The summed E-state index contributed by atoms with van der Waals surface area (Å²) < 4.78 is 0. The molecule has 0 atom stereocenters. The summed E-state index contributed by atoms with van der Waals surface area (Å²) in [6.45, 7) is 8.24. The first-order chi connectivity index (χ1) is 6.88. The molecular weight excluding hydrogens is 186 g/mol. The molecule has 0 saturated carbocycles. The minimum Gasteiger partial charge on any atom is -0.507 e. The molecule has 2 heteroatoms. The van der Waals surface area contributed by atoms with Crippen molar-refractivity contribution in [1.29, 1.82) is 0 Å². The molecule has 0 radical (unpaired) electrons. The van der Waals surface area contributed by atoms with Crippen LogP contribution in [0.5, 0.6) is 5.75 Å². The molecule has 0 aliphatic heterocycles. The summed E-state index contributed by atoms with van der Waals surface area (Å²) in [5.41, 5.74) is 2.78. The molecule has 82 valence electrons. The lowest BCUT2D eigenvalue weighted by Crippen LogP contribution is -2.12. The highest BCUT2D eigenvalue weighted by molar-refractivity contribution is 5.86. The summed E-state index contributed by atoms with van der Waals surface area (Å²) in [4.78, 5) is 3.97. The molecule has 0 aliphatic rings. The summed E-state index contributed by atoms with van der Waals surface area (Å²) >= 11 is 0. The highest BCUT2D eigenvalue weighted by Gasteiger charge is 2.20. The second-order valence-electron chi connectivity index (χ2n) is 4.83. The molecule has 1 N–H and O–H groups in total. The van der Waals surface area contributed by atoms with E-state index >= 15 is 0 Å². The van der Waals surface area contributed by atoms with Crippen molar-refractivity contribution in [2.24, 2.45) is 4.99 Å². The van der Waals surface area contributed by atoms with Crippen LogP contribution in [0.4, 0.5) is 0 Å². The van der Waals surface area contributed by atoms with Gasteiger partial charge < -0.3 is 5.11 Å². The molecule has 0 heterocycles. The van der Waals surface area contributed by atoms with Gasteiger partial charge in [0.05, 0.1) is 0 Å². The van der Waals surface area contributed by atoms with Crippen LogP contribution < -0.4 is 0 Å². The molecule has 0 spiro atoms. The van der Waals surface area contributed by atoms with Crippen LogP contribution in [-0.4, -0.2) is 18.4 Å². The largest absolute Gasteiger partial charge is 0.507 e. The third kappa shape index (κ3) is 2.38. The number of hydrogen-bond acceptors (Lipinski definition) is 2. The van der Waals surface area contributed by atoms with Crippen molar-refractivity contribution in [3.8, 4) is 5.75 Å². The van der Waals surface area contributed by atoms with Gasteiger partial charge in [0.1, 0.15) is 5.75 Å². The SMILES string of the molecule is CN=Cc1c(C)ccc(C(C)(C)C)c1O. The van der Waals surface area contributed by atoms with Crippen molar-refractivity contribution in [2.75, 3.05) is 7.05 Å². The summed E-state index contributed by atoms with van der Waals surface area (Å²) in [5, 5.41) is 10.1. The topological polar surface area (TPSA) is 32.6 Å². The minimum atomic E-state index is -0.0475. The average Bonchev–Trinajstić information content (AvgIpc) is 2.09. The van der Waals surface area contributed by atoms with Gasteiger partial charge in [-0.3, -0.25) is 4.99 Å². The average molecular weight is 205 g/mol. The minimum absolute atomic E-state index is 0.0475. The van der Waals surface area contributed by atoms with Gasteiger partial charge in [-0.15, -0.1) is 0 Å². The standard InChI is InChI=1S/C13H19NO/c1-9-6-7-11(13(2,3)4)12(15)10(9)8-14-5/h6-8,15H,1-5H3. The number of aromatic hydroxyl groups is 1. The van der Waals surface area contributed by atoms with Gasteiger partial charge in [0.15, 0.2) is 0 Å². The number of phenolic OH excluding ortho intramolecular Hbond substituents is 1. The Kier molecular flexibility index (Phi) is 3.18. The summed E-state index contributed by atoms with van der Waals surface area (Å²) in [7, 11) is 1.71. The Morgan fingerprint density at radius 1 is 1.27 bits per heavy atom. The number of aliphatic imine (C=N–C) groups is 1. The van der Waals surface area contributed by atoms with Crippen molar-refractivity contribution in [2.45, 2.75) is 33.1 Å². The molecule has 1 rings (SSSR count). The van der Waals surface area contributed by atoms with Gasteiger partial charge in [-0.1, -0.05) is 32.9 Å². The Morgan fingerprint density at radius 2 is 1.87 bits per heavy atom. The molecule has 0 unspecified atom stereocenters. The maximum Gasteiger partial charge on any atom is 0.128 e. The summed E-state index contributed by atoms with van der Waals surface area (Å²) in [6, 6.07) is 4.01. The Balaban J connectivity index is 3.41. The number of benzene rings is 1. The van der Waals surface area contributed by atoms with Crippen LogP contribution in [0.3, 0.4) is 0 Å². The molecule has 1 aromatic carbocycles. The van der Waals surface area contributed by atoms with E-state index < -0.39 is 0 Å². The molecule has 0 bridgehead atoms. The van der Waals surface area contributed by atoms with Crippen LogP contribution in [-0.2, 0) is 5.41 Å². The fraction of sp³-hybridized carbons (Fsp3) is 0.462. The number of phenols is 1. The van der Waals surface area contributed by atoms with Crippen molar-refractivity contribution in [3.63, 3.8) is 0 Å². The fourth-order valence-electron chi connectivity index (χ4n) is 1.61. The van der Waals surface area contributed by atoms with E-state index in [0.29, 0.717) is 5.75 Å². The first kappa shape index (κ1) is 11.8. The first-order valence-corrected chi connectivity index (χ1v) is 5.13. The van der Waals surface area contributed by atoms with Gasteiger partial charge >= 0.3 is 0 Å². The maximum absolute atomic E-state index is 10.1. The van der Waals surface area contributed by atoms with Crippen LogP contribution in [0.25, 0.3) is 0 Å². The van der Waals surface area contributed by atoms with Crippen LogP contribution in [0.15, 0.2) is 17.1 Å². The van der Waals surface area contributed by atoms with Crippen molar-refractivity contribution >= 4 is 6.21 Å². The lowest BCUT2D eigenvalue weighted by Gasteiger charge is -2.22. The Hall–Kier alpha value is -1.31. The third-order valence-corrected chi connectivity index (χ3v) is 2.50. The lowest BCUT2D eigenvalue weighted by molar-refractivity contribution is 0.445. The van der Waals surface area contributed by atoms with Crippen molar-refractivity contribution < 1.29 is 5.11 Å². The van der Waals surface area contributed by atoms with Crippen LogP contribution in [0.1, 0.15) is 37.5 Å². The van der Waals surface area contributed by atoms with Crippen molar-refractivity contribution in [1.82, 2.24) is 0 Å². The molecular formula is C13H19NO. The van der Waals surface area contributed by atoms with Gasteiger partial charge in [0, 0.05) is 18.8 Å². The molecule has 15 heavy (non-hydrogen) atoms. The quantitative estimate of drug-likeness (QED) is 0.702. The summed E-state index contributed by atoms with van der Waals surface area (Å²) in [5.74, 6) is 0.355. The zero-order valence-electron chi connectivity index (χ0n) is 10.1. The zero-order valence-corrected chi connectivity index (χ0v) is 10.1. The smallest absolute Gasteiger partial charge is 0.128 e. The van der Waals surface area contributed by atoms with Gasteiger partial charge in [-0.25, -0.2) is 0 Å². The second-order valence-corrected chi connectivity index (χ2v) is 4.83. The zero-order chi connectivity index (χ0) is 11.6. The predicted molar refractivity (Wildman–Crippen MR) is 65.1 cm³/mol. The monoisotopic (exact) mass is 205 g/mol. The maximum atomic E-state index is 10.1. The second kappa shape index (κ2) is 4.05. The fourth-order valence-corrected chi connectivity index (χ4v) is 1.61. The highest BCUT2D eigenvalue weighted by atomic mass is 16.3. The Morgan fingerprint density at radius 3 is 2.33 bits per heavy atom. The van der Waals surface area contributed by atoms with Crippen molar-refractivity contribution in [3.05, 3.63) is 28.8 Å². The normalized spacial score (nSPS) is 12.3. The van der Waals surface area contributed by atoms with Gasteiger partial charge in [0.2, 0.25) is 0 Å². The van der Waals surface area contributed by atoms with E-state index in [1.54, 1.807) is 13.3 Å². The van der Waals surface area contributed by atoms with E-state index in [1.165, 1.54) is 0 Å². The van der Waals surface area contributed by atoms with Crippen LogP contribution in [0.2, 0.25) is 0 Å². The molecule has 0 saturated heterocycles. The number of hydrogen-bond donors (Lipinski definition) is 1. The number of rotatable bonds is 1. The molecule has 0 aliphatic carbocycles. The molecule has 2 nitrogen and oxygen atoms in total. The van der Waals surface area contributed by atoms with Gasteiger partial charge in [-0.05, 0) is 23.5 Å². The predicted octanol–water partition coefficient (Wildman–Crippen LogP) is 3.05. The van der Waals surface area contributed by atoms with E-state index in [4.69, 9.17) is 0 Å².